The van der Waals surface area contributed by atoms with Crippen molar-refractivity contribution >= 4 is 11.8 Å². The zero-order chi connectivity index (χ0) is 8.36. The van der Waals surface area contributed by atoms with E-state index in [1.807, 2.05) is 13.0 Å². The van der Waals surface area contributed by atoms with E-state index in [0.29, 0.717) is 0 Å². The molecule has 0 atom stereocenters. The van der Waals surface area contributed by atoms with Crippen molar-refractivity contribution in [3.63, 3.8) is 0 Å². The summed E-state index contributed by atoms with van der Waals surface area (Å²) in [5.74, 6) is 0. The summed E-state index contributed by atoms with van der Waals surface area (Å²) in [6.45, 7) is 6.29. The average molecular weight is 171 g/mol. The summed E-state index contributed by atoms with van der Waals surface area (Å²) in [5.41, 5.74) is 0. The highest BCUT2D eigenvalue weighted by atomic mass is 32.2. The SMILES string of the molecule is C/C=C\S/C=C/CNCCC. The minimum atomic E-state index is 0.985. The van der Waals surface area contributed by atoms with Crippen LogP contribution in [-0.2, 0) is 0 Å². The van der Waals surface area contributed by atoms with E-state index in [1.54, 1.807) is 11.8 Å². The fourth-order valence-electron chi connectivity index (χ4n) is 0.590. The van der Waals surface area contributed by atoms with Crippen molar-refractivity contribution in [2.24, 2.45) is 0 Å². The third kappa shape index (κ3) is 9.79. The number of allylic oxidation sites excluding steroid dienone is 1. The zero-order valence-corrected chi connectivity index (χ0v) is 8.16. The van der Waals surface area contributed by atoms with Gasteiger partial charge in [0, 0.05) is 6.54 Å². The first-order chi connectivity index (χ1) is 5.41. The second kappa shape index (κ2) is 9.79. The third-order valence-corrected chi connectivity index (χ3v) is 1.86. The lowest BCUT2D eigenvalue weighted by Gasteiger charge is -1.94. The summed E-state index contributed by atoms with van der Waals surface area (Å²) in [5, 5.41) is 7.45. The number of thioether (sulfide) groups is 1. The maximum absolute atomic E-state index is 3.29. The maximum atomic E-state index is 3.29. The molecule has 0 aromatic carbocycles. The van der Waals surface area contributed by atoms with Crippen LogP contribution in [0.4, 0.5) is 0 Å². The van der Waals surface area contributed by atoms with E-state index >= 15 is 0 Å². The molecular formula is C9H17NS. The smallest absolute Gasteiger partial charge is 0.0143 e. The molecule has 0 amide bonds. The van der Waals surface area contributed by atoms with Gasteiger partial charge in [-0.2, -0.15) is 0 Å². The molecule has 0 radical (unpaired) electrons. The van der Waals surface area contributed by atoms with E-state index in [9.17, 15) is 0 Å². The summed E-state index contributed by atoms with van der Waals surface area (Å²) >= 11 is 1.71. The Balaban J connectivity index is 3.03. The molecule has 64 valence electrons. The molecule has 0 aliphatic heterocycles. The van der Waals surface area contributed by atoms with Gasteiger partial charge in [-0.15, -0.1) is 11.8 Å². The second-order valence-corrected chi connectivity index (χ2v) is 3.00. The molecule has 0 aromatic heterocycles. The Morgan fingerprint density at radius 1 is 1.36 bits per heavy atom. The van der Waals surface area contributed by atoms with Crippen LogP contribution in [0.15, 0.2) is 23.0 Å². The molecule has 1 nitrogen and oxygen atoms in total. The van der Waals surface area contributed by atoms with Gasteiger partial charge in [-0.1, -0.05) is 19.1 Å². The van der Waals surface area contributed by atoms with Crippen LogP contribution in [0.3, 0.4) is 0 Å². The molecule has 1 N–H and O–H groups in total. The van der Waals surface area contributed by atoms with Crippen LogP contribution in [-0.4, -0.2) is 13.1 Å². The minimum Gasteiger partial charge on any atom is -0.313 e. The van der Waals surface area contributed by atoms with Crippen molar-refractivity contribution in [3.8, 4) is 0 Å². The molecule has 0 saturated heterocycles. The number of hydrogen-bond acceptors (Lipinski definition) is 2. The lowest BCUT2D eigenvalue weighted by molar-refractivity contribution is 0.729. The van der Waals surface area contributed by atoms with Crippen molar-refractivity contribution in [2.45, 2.75) is 20.3 Å². The summed E-state index contributed by atoms with van der Waals surface area (Å²) in [7, 11) is 0. The Kier molecular flexibility index (Phi) is 9.60. The van der Waals surface area contributed by atoms with Crippen LogP contribution in [0.2, 0.25) is 0 Å². The fraction of sp³-hybridized carbons (Fsp3) is 0.556. The average Bonchev–Trinajstić information content (AvgIpc) is 2.03. The Bertz CT molecular complexity index is 119. The van der Waals surface area contributed by atoms with Gasteiger partial charge in [0.05, 0.1) is 0 Å². The lowest BCUT2D eigenvalue weighted by Crippen LogP contribution is -2.13. The number of nitrogens with one attached hydrogen (secondary N) is 1. The molecule has 0 saturated carbocycles. The number of hydrogen-bond donors (Lipinski definition) is 1. The Hall–Kier alpha value is -0.210. The Labute approximate surface area is 74.0 Å². The van der Waals surface area contributed by atoms with E-state index < -0.39 is 0 Å². The highest BCUT2D eigenvalue weighted by molar-refractivity contribution is 8.04. The van der Waals surface area contributed by atoms with Crippen molar-refractivity contribution in [1.29, 1.82) is 0 Å². The van der Waals surface area contributed by atoms with E-state index in [-0.39, 0.29) is 0 Å². The first-order valence-electron chi connectivity index (χ1n) is 4.04. The lowest BCUT2D eigenvalue weighted by atomic mass is 10.5. The van der Waals surface area contributed by atoms with Gasteiger partial charge in [0.25, 0.3) is 0 Å². The van der Waals surface area contributed by atoms with Crippen LogP contribution >= 0.6 is 11.8 Å². The van der Waals surface area contributed by atoms with E-state index in [2.05, 4.69) is 29.1 Å². The van der Waals surface area contributed by atoms with E-state index in [1.165, 1.54) is 6.42 Å². The third-order valence-electron chi connectivity index (χ3n) is 1.08. The van der Waals surface area contributed by atoms with Gasteiger partial charge in [-0.05, 0) is 30.7 Å². The monoisotopic (exact) mass is 171 g/mol. The van der Waals surface area contributed by atoms with Crippen LogP contribution in [0.1, 0.15) is 20.3 Å². The topological polar surface area (TPSA) is 12.0 Å². The van der Waals surface area contributed by atoms with Crippen molar-refractivity contribution in [2.75, 3.05) is 13.1 Å². The molecule has 0 aliphatic carbocycles. The summed E-state index contributed by atoms with van der Waals surface area (Å²) in [6, 6.07) is 0. The summed E-state index contributed by atoms with van der Waals surface area (Å²) < 4.78 is 0. The second-order valence-electron chi connectivity index (χ2n) is 2.18. The zero-order valence-electron chi connectivity index (χ0n) is 7.34. The molecule has 0 fully saturated rings. The quantitative estimate of drug-likeness (QED) is 0.617. The van der Waals surface area contributed by atoms with Gasteiger partial charge in [0.1, 0.15) is 0 Å². The molecule has 0 heterocycles. The minimum absolute atomic E-state index is 0.985. The van der Waals surface area contributed by atoms with Gasteiger partial charge >= 0.3 is 0 Å². The molecule has 0 aromatic rings. The van der Waals surface area contributed by atoms with Crippen LogP contribution in [0, 0.1) is 0 Å². The largest absolute Gasteiger partial charge is 0.313 e. The predicted octanol–water partition coefficient (Wildman–Crippen LogP) is 2.77. The molecule has 0 spiro atoms. The first kappa shape index (κ1) is 10.8. The molecule has 0 aliphatic rings. The first-order valence-corrected chi connectivity index (χ1v) is 4.98. The van der Waals surface area contributed by atoms with Gasteiger partial charge in [-0.3, -0.25) is 0 Å². The van der Waals surface area contributed by atoms with Crippen molar-refractivity contribution < 1.29 is 0 Å². The van der Waals surface area contributed by atoms with E-state index in [4.69, 9.17) is 0 Å². The predicted molar refractivity (Wildman–Crippen MR) is 54.7 cm³/mol. The molecule has 11 heavy (non-hydrogen) atoms. The van der Waals surface area contributed by atoms with Gasteiger partial charge in [0.15, 0.2) is 0 Å². The van der Waals surface area contributed by atoms with Gasteiger partial charge in [0.2, 0.25) is 0 Å². The summed E-state index contributed by atoms with van der Waals surface area (Å²) in [6.07, 6.45) is 5.38. The van der Waals surface area contributed by atoms with Crippen molar-refractivity contribution in [3.05, 3.63) is 23.0 Å². The molecule has 0 rings (SSSR count). The normalized spacial score (nSPS) is 11.8. The number of rotatable bonds is 6. The summed E-state index contributed by atoms with van der Waals surface area (Å²) in [4.78, 5) is 0. The molecule has 0 bridgehead atoms. The van der Waals surface area contributed by atoms with Gasteiger partial charge in [-0.25, -0.2) is 0 Å². The molecular weight excluding hydrogens is 154 g/mol. The Morgan fingerprint density at radius 2 is 2.18 bits per heavy atom. The molecule has 0 unspecified atom stereocenters. The Morgan fingerprint density at radius 3 is 2.82 bits per heavy atom. The van der Waals surface area contributed by atoms with Crippen LogP contribution in [0.5, 0.6) is 0 Å². The standard InChI is InChI=1S/C9H17NS/c1-3-6-10-7-5-9-11-8-4-2/h4-5,8-10H,3,6-7H2,1-2H3/b8-4-,9-5+. The van der Waals surface area contributed by atoms with Crippen LogP contribution < -0.4 is 5.32 Å². The van der Waals surface area contributed by atoms with Gasteiger partial charge < -0.3 is 5.32 Å². The highest BCUT2D eigenvalue weighted by Crippen LogP contribution is 2.01. The maximum Gasteiger partial charge on any atom is 0.0143 e. The van der Waals surface area contributed by atoms with E-state index in [0.717, 1.165) is 13.1 Å². The highest BCUT2D eigenvalue weighted by Gasteiger charge is 1.77. The fourth-order valence-corrected chi connectivity index (χ4v) is 1.04. The van der Waals surface area contributed by atoms with Crippen molar-refractivity contribution in [1.82, 2.24) is 5.32 Å². The molecule has 2 heteroatoms. The van der Waals surface area contributed by atoms with Crippen LogP contribution in [0.25, 0.3) is 0 Å².